The van der Waals surface area contributed by atoms with Crippen LogP contribution < -0.4 is 9.47 Å². The van der Waals surface area contributed by atoms with Gasteiger partial charge in [-0.05, 0) is 18.9 Å². The van der Waals surface area contributed by atoms with Gasteiger partial charge in [-0.2, -0.15) is 0 Å². The van der Waals surface area contributed by atoms with Gasteiger partial charge >= 0.3 is 0 Å². The van der Waals surface area contributed by atoms with E-state index >= 15 is 0 Å². The van der Waals surface area contributed by atoms with Crippen LogP contribution in [0.5, 0.6) is 11.5 Å². The first kappa shape index (κ1) is 14.3. The molecule has 3 nitrogen and oxygen atoms in total. The van der Waals surface area contributed by atoms with Crippen LogP contribution in [-0.4, -0.2) is 19.3 Å². The molecule has 0 radical (unpaired) electrons. The Labute approximate surface area is 108 Å². The first-order chi connectivity index (χ1) is 8.62. The van der Waals surface area contributed by atoms with E-state index in [1.807, 2.05) is 12.1 Å². The van der Waals surface area contributed by atoms with Crippen molar-refractivity contribution in [1.29, 1.82) is 0 Å². The second-order valence-corrected chi connectivity index (χ2v) is 4.06. The Kier molecular flexibility index (Phi) is 4.98. The number of para-hydroxylation sites is 1. The third-order valence-electron chi connectivity index (χ3n) is 2.87. The first-order valence-corrected chi connectivity index (χ1v) is 5.78. The monoisotopic (exact) mass is 248 g/mol. The highest BCUT2D eigenvalue weighted by Gasteiger charge is 2.31. The molecule has 0 saturated heterocycles. The summed E-state index contributed by atoms with van der Waals surface area (Å²) in [6, 6.07) is 5.45. The maximum absolute atomic E-state index is 10.7. The number of hydrogen-bond acceptors (Lipinski definition) is 3. The fourth-order valence-electron chi connectivity index (χ4n) is 2.03. The zero-order chi connectivity index (χ0) is 13.6. The molecule has 0 aromatic heterocycles. The molecule has 0 unspecified atom stereocenters. The average Bonchev–Trinajstić information content (AvgIpc) is 2.38. The van der Waals surface area contributed by atoms with Crippen LogP contribution >= 0.6 is 0 Å². The van der Waals surface area contributed by atoms with Crippen LogP contribution in [0, 0.1) is 0 Å². The summed E-state index contributed by atoms with van der Waals surface area (Å²) in [7, 11) is 3.13. The summed E-state index contributed by atoms with van der Waals surface area (Å²) >= 11 is 0. The highest BCUT2D eigenvalue weighted by atomic mass is 16.5. The van der Waals surface area contributed by atoms with Gasteiger partial charge in [0, 0.05) is 5.56 Å². The quantitative estimate of drug-likeness (QED) is 0.754. The van der Waals surface area contributed by atoms with E-state index in [1.165, 1.54) is 0 Å². The van der Waals surface area contributed by atoms with E-state index in [4.69, 9.17) is 9.47 Å². The van der Waals surface area contributed by atoms with Gasteiger partial charge in [0.25, 0.3) is 0 Å². The highest BCUT2D eigenvalue weighted by molar-refractivity contribution is 5.49. The van der Waals surface area contributed by atoms with Crippen LogP contribution in [-0.2, 0) is 5.60 Å². The SMILES string of the molecule is C=CCC(O)(CC=C)c1cccc(OC)c1OC. The van der Waals surface area contributed by atoms with Crippen molar-refractivity contribution in [2.24, 2.45) is 0 Å². The number of benzene rings is 1. The van der Waals surface area contributed by atoms with Gasteiger partial charge in [-0.15, -0.1) is 13.2 Å². The van der Waals surface area contributed by atoms with Crippen molar-refractivity contribution < 1.29 is 14.6 Å². The molecule has 0 aliphatic rings. The van der Waals surface area contributed by atoms with E-state index in [-0.39, 0.29) is 0 Å². The lowest BCUT2D eigenvalue weighted by atomic mass is 9.86. The van der Waals surface area contributed by atoms with E-state index < -0.39 is 5.60 Å². The lowest BCUT2D eigenvalue weighted by Crippen LogP contribution is -2.25. The molecule has 0 fully saturated rings. The van der Waals surface area contributed by atoms with Crippen molar-refractivity contribution in [1.82, 2.24) is 0 Å². The summed E-state index contributed by atoms with van der Waals surface area (Å²) in [5.74, 6) is 1.15. The summed E-state index contributed by atoms with van der Waals surface area (Å²) < 4.78 is 10.6. The van der Waals surface area contributed by atoms with Crippen molar-refractivity contribution in [2.45, 2.75) is 18.4 Å². The summed E-state index contributed by atoms with van der Waals surface area (Å²) in [5.41, 5.74) is -0.382. The van der Waals surface area contributed by atoms with Crippen molar-refractivity contribution in [2.75, 3.05) is 14.2 Å². The van der Waals surface area contributed by atoms with Gasteiger partial charge in [-0.3, -0.25) is 0 Å². The summed E-state index contributed by atoms with van der Waals surface area (Å²) in [5, 5.41) is 10.7. The summed E-state index contributed by atoms with van der Waals surface area (Å²) in [6.07, 6.45) is 4.20. The van der Waals surface area contributed by atoms with Crippen molar-refractivity contribution in [3.63, 3.8) is 0 Å². The second kappa shape index (κ2) is 6.26. The normalized spacial score (nSPS) is 10.8. The maximum Gasteiger partial charge on any atom is 0.166 e. The summed E-state index contributed by atoms with van der Waals surface area (Å²) in [4.78, 5) is 0. The Morgan fingerprint density at radius 2 is 1.78 bits per heavy atom. The van der Waals surface area contributed by atoms with Gasteiger partial charge in [0.05, 0.1) is 14.2 Å². The smallest absolute Gasteiger partial charge is 0.166 e. The fraction of sp³-hybridized carbons (Fsp3) is 0.333. The Hall–Kier alpha value is -1.74. The molecule has 3 heteroatoms. The summed E-state index contributed by atoms with van der Waals surface area (Å²) in [6.45, 7) is 7.37. The number of ether oxygens (including phenoxy) is 2. The van der Waals surface area contributed by atoms with Gasteiger partial charge in [0.2, 0.25) is 0 Å². The molecule has 0 aliphatic carbocycles. The minimum atomic E-state index is -1.07. The lowest BCUT2D eigenvalue weighted by molar-refractivity contribution is 0.0401. The van der Waals surface area contributed by atoms with Crippen molar-refractivity contribution >= 4 is 0 Å². The Morgan fingerprint density at radius 3 is 2.22 bits per heavy atom. The van der Waals surface area contributed by atoms with E-state index in [9.17, 15) is 5.11 Å². The Bertz CT molecular complexity index is 414. The Morgan fingerprint density at radius 1 is 1.17 bits per heavy atom. The van der Waals surface area contributed by atoms with Crippen LogP contribution in [0.1, 0.15) is 18.4 Å². The molecular formula is C15H20O3. The van der Waals surface area contributed by atoms with E-state index in [0.717, 1.165) is 0 Å². The van der Waals surface area contributed by atoms with Gasteiger partial charge in [0.15, 0.2) is 11.5 Å². The van der Waals surface area contributed by atoms with Gasteiger partial charge < -0.3 is 14.6 Å². The molecule has 0 spiro atoms. The topological polar surface area (TPSA) is 38.7 Å². The lowest BCUT2D eigenvalue weighted by Gasteiger charge is -2.28. The molecule has 1 aromatic carbocycles. The molecule has 0 heterocycles. The molecule has 98 valence electrons. The molecule has 0 bridgehead atoms. The molecule has 18 heavy (non-hydrogen) atoms. The number of methoxy groups -OCH3 is 2. The van der Waals surface area contributed by atoms with Crippen molar-refractivity contribution in [3.05, 3.63) is 49.1 Å². The molecule has 0 amide bonds. The molecule has 0 atom stereocenters. The van der Waals surface area contributed by atoms with Crippen LogP contribution in [0.2, 0.25) is 0 Å². The predicted molar refractivity (Wildman–Crippen MR) is 73.1 cm³/mol. The molecule has 1 aromatic rings. The first-order valence-electron chi connectivity index (χ1n) is 5.78. The standard InChI is InChI=1S/C15H20O3/c1-5-10-15(16,11-6-2)12-8-7-9-13(17-3)14(12)18-4/h5-9,16H,1-2,10-11H2,3-4H3. The third-order valence-corrected chi connectivity index (χ3v) is 2.87. The molecular weight excluding hydrogens is 228 g/mol. The van der Waals surface area contributed by atoms with Gasteiger partial charge in [-0.1, -0.05) is 24.3 Å². The zero-order valence-corrected chi connectivity index (χ0v) is 11.0. The average molecular weight is 248 g/mol. The van der Waals surface area contributed by atoms with E-state index in [1.54, 1.807) is 32.4 Å². The predicted octanol–water partition coefficient (Wildman–Crippen LogP) is 3.04. The minimum absolute atomic E-state index is 0.419. The number of rotatable bonds is 7. The number of hydrogen-bond donors (Lipinski definition) is 1. The number of aliphatic hydroxyl groups is 1. The molecule has 0 aliphatic heterocycles. The van der Waals surface area contributed by atoms with Crippen LogP contribution in [0.25, 0.3) is 0 Å². The Balaban J connectivity index is 3.35. The maximum atomic E-state index is 10.7. The third kappa shape index (κ3) is 2.74. The van der Waals surface area contributed by atoms with Gasteiger partial charge in [0.1, 0.15) is 5.60 Å². The minimum Gasteiger partial charge on any atom is -0.493 e. The van der Waals surface area contributed by atoms with Crippen LogP contribution in [0.3, 0.4) is 0 Å². The molecule has 1 rings (SSSR count). The highest BCUT2D eigenvalue weighted by Crippen LogP contribution is 2.41. The second-order valence-electron chi connectivity index (χ2n) is 4.06. The molecule has 0 saturated carbocycles. The largest absolute Gasteiger partial charge is 0.493 e. The van der Waals surface area contributed by atoms with Crippen LogP contribution in [0.4, 0.5) is 0 Å². The zero-order valence-electron chi connectivity index (χ0n) is 11.0. The van der Waals surface area contributed by atoms with Crippen LogP contribution in [0.15, 0.2) is 43.5 Å². The molecule has 1 N–H and O–H groups in total. The van der Waals surface area contributed by atoms with Crippen molar-refractivity contribution in [3.8, 4) is 11.5 Å². The van der Waals surface area contributed by atoms with E-state index in [0.29, 0.717) is 29.9 Å². The van der Waals surface area contributed by atoms with Gasteiger partial charge in [-0.25, -0.2) is 0 Å². The fourth-order valence-corrected chi connectivity index (χ4v) is 2.03. The van der Waals surface area contributed by atoms with E-state index in [2.05, 4.69) is 13.2 Å².